The molecule has 0 N–H and O–H groups in total. The Labute approximate surface area is 167 Å². The van der Waals surface area contributed by atoms with Crippen LogP contribution in [0.15, 0.2) is 22.8 Å². The summed E-state index contributed by atoms with van der Waals surface area (Å²) in [6, 6.07) is 3.96. The quantitative estimate of drug-likeness (QED) is 0.796. The topological polar surface area (TPSA) is 60.2 Å². The maximum Gasteiger partial charge on any atom is 0.319 e. The summed E-state index contributed by atoms with van der Waals surface area (Å²) in [6.45, 7) is 7.57. The molecule has 28 heavy (non-hydrogen) atoms. The predicted octanol–water partition coefficient (Wildman–Crippen LogP) is 2.10. The summed E-state index contributed by atoms with van der Waals surface area (Å²) in [5.74, 6) is 1.25. The minimum Gasteiger partial charge on any atom is -0.468 e. The Hall–Kier alpha value is -2.02. The van der Waals surface area contributed by atoms with Crippen molar-refractivity contribution in [2.75, 3.05) is 53.4 Å². The van der Waals surface area contributed by atoms with Gasteiger partial charge in [0.2, 0.25) is 5.91 Å². The van der Waals surface area contributed by atoms with Crippen molar-refractivity contribution in [1.82, 2.24) is 19.6 Å². The van der Waals surface area contributed by atoms with E-state index in [4.69, 9.17) is 4.42 Å². The number of furan rings is 1. The molecule has 2 spiro atoms. The minimum atomic E-state index is -0.411. The van der Waals surface area contributed by atoms with E-state index in [0.29, 0.717) is 13.1 Å². The summed E-state index contributed by atoms with van der Waals surface area (Å²) in [4.78, 5) is 34.2. The number of hydrogen-bond acceptors (Lipinski definition) is 4. The lowest BCUT2D eigenvalue weighted by Gasteiger charge is -2.46. The molecule has 3 amide bonds. The lowest BCUT2D eigenvalue weighted by atomic mass is 9.60. The van der Waals surface area contributed by atoms with Crippen molar-refractivity contribution < 1.29 is 14.0 Å². The van der Waals surface area contributed by atoms with Crippen LogP contribution < -0.4 is 0 Å². The van der Waals surface area contributed by atoms with Crippen LogP contribution in [0.3, 0.4) is 0 Å². The molecular formula is C21H32N4O3. The standard InChI is InChI=1S/C21H32N4O3/c1-4-24-12-9-21(18(24)26)16-25(19(27)22(2)3)15-20(21)7-10-23(11-8-20)14-17-6-5-13-28-17/h5-6,13H,4,7-12,14-16H2,1-3H3/t21-/m0/s1. The molecule has 0 aromatic carbocycles. The maximum absolute atomic E-state index is 13.5. The van der Waals surface area contributed by atoms with Crippen molar-refractivity contribution in [3.63, 3.8) is 0 Å². The van der Waals surface area contributed by atoms with Crippen LogP contribution in [0.25, 0.3) is 0 Å². The fourth-order valence-electron chi connectivity index (χ4n) is 5.66. The lowest BCUT2D eigenvalue weighted by Crippen LogP contribution is -2.52. The Morgan fingerprint density at radius 2 is 1.93 bits per heavy atom. The van der Waals surface area contributed by atoms with Crippen LogP contribution in [0.5, 0.6) is 0 Å². The van der Waals surface area contributed by atoms with E-state index >= 15 is 0 Å². The van der Waals surface area contributed by atoms with E-state index in [1.165, 1.54) is 0 Å². The van der Waals surface area contributed by atoms with Gasteiger partial charge in [0.25, 0.3) is 0 Å². The summed E-state index contributed by atoms with van der Waals surface area (Å²) < 4.78 is 5.51. The van der Waals surface area contributed by atoms with Gasteiger partial charge in [-0.2, -0.15) is 0 Å². The minimum absolute atomic E-state index is 0.0250. The zero-order chi connectivity index (χ0) is 19.9. The van der Waals surface area contributed by atoms with E-state index in [9.17, 15) is 9.59 Å². The van der Waals surface area contributed by atoms with Crippen molar-refractivity contribution in [3.05, 3.63) is 24.2 Å². The Kier molecular flexibility index (Phi) is 4.89. The normalized spacial score (nSPS) is 27.3. The van der Waals surface area contributed by atoms with Gasteiger partial charge in [0.15, 0.2) is 0 Å². The summed E-state index contributed by atoms with van der Waals surface area (Å²) in [5, 5.41) is 0. The SMILES string of the molecule is CCN1CC[C@]2(CN(C(=O)N(C)C)CC23CCN(Cc2ccco2)CC3)C1=O. The zero-order valence-electron chi connectivity index (χ0n) is 17.3. The zero-order valence-corrected chi connectivity index (χ0v) is 17.3. The highest BCUT2D eigenvalue weighted by molar-refractivity contribution is 5.88. The van der Waals surface area contributed by atoms with Crippen molar-refractivity contribution in [3.8, 4) is 0 Å². The number of piperidine rings is 1. The average Bonchev–Trinajstić information content (AvgIpc) is 3.38. The molecule has 0 unspecified atom stereocenters. The van der Waals surface area contributed by atoms with E-state index < -0.39 is 5.41 Å². The van der Waals surface area contributed by atoms with Gasteiger partial charge in [0.05, 0.1) is 18.2 Å². The molecule has 0 bridgehead atoms. The first kappa shape index (κ1) is 19.3. The van der Waals surface area contributed by atoms with Crippen LogP contribution >= 0.6 is 0 Å². The third-order valence-corrected chi connectivity index (χ3v) is 7.28. The average molecular weight is 389 g/mol. The first-order valence-electron chi connectivity index (χ1n) is 10.4. The molecule has 4 rings (SSSR count). The Bertz CT molecular complexity index is 724. The van der Waals surface area contributed by atoms with E-state index in [1.807, 2.05) is 28.9 Å². The molecule has 0 saturated carbocycles. The highest BCUT2D eigenvalue weighted by Gasteiger charge is 2.65. The summed E-state index contributed by atoms with van der Waals surface area (Å²) in [6.07, 6.45) is 4.49. The molecule has 1 atom stereocenters. The second-order valence-corrected chi connectivity index (χ2v) is 8.89. The molecule has 3 fully saturated rings. The fourth-order valence-corrected chi connectivity index (χ4v) is 5.66. The smallest absolute Gasteiger partial charge is 0.319 e. The number of fused-ring (bicyclic) bond motifs is 1. The molecule has 154 valence electrons. The van der Waals surface area contributed by atoms with E-state index in [2.05, 4.69) is 4.90 Å². The van der Waals surface area contributed by atoms with E-state index in [0.717, 1.165) is 57.7 Å². The lowest BCUT2D eigenvalue weighted by molar-refractivity contribution is -0.142. The van der Waals surface area contributed by atoms with Gasteiger partial charge in [-0.25, -0.2) is 4.79 Å². The van der Waals surface area contributed by atoms with Crippen molar-refractivity contribution in [2.45, 2.75) is 32.7 Å². The molecule has 1 aromatic rings. The number of carbonyl (C=O) groups is 2. The summed E-state index contributed by atoms with van der Waals surface area (Å²) in [5.41, 5.74) is -0.523. The van der Waals surface area contributed by atoms with Crippen LogP contribution in [0.2, 0.25) is 0 Å². The molecule has 1 aromatic heterocycles. The number of carbonyl (C=O) groups excluding carboxylic acids is 2. The Morgan fingerprint density at radius 3 is 2.50 bits per heavy atom. The molecule has 4 heterocycles. The van der Waals surface area contributed by atoms with Gasteiger partial charge < -0.3 is 19.1 Å². The number of nitrogens with zero attached hydrogens (tertiary/aromatic N) is 4. The molecule has 0 aliphatic carbocycles. The summed E-state index contributed by atoms with van der Waals surface area (Å²) >= 11 is 0. The van der Waals surface area contributed by atoms with Crippen molar-refractivity contribution >= 4 is 11.9 Å². The Morgan fingerprint density at radius 1 is 1.18 bits per heavy atom. The van der Waals surface area contributed by atoms with Crippen molar-refractivity contribution in [2.24, 2.45) is 10.8 Å². The summed E-state index contributed by atoms with van der Waals surface area (Å²) in [7, 11) is 3.58. The van der Waals surface area contributed by atoms with Gasteiger partial charge in [-0.15, -0.1) is 0 Å². The van der Waals surface area contributed by atoms with E-state index in [-0.39, 0.29) is 17.4 Å². The van der Waals surface area contributed by atoms with Crippen LogP contribution in [-0.4, -0.2) is 84.9 Å². The molecule has 0 radical (unpaired) electrons. The van der Waals surface area contributed by atoms with Crippen LogP contribution in [0, 0.1) is 10.8 Å². The van der Waals surface area contributed by atoms with E-state index in [1.54, 1.807) is 25.3 Å². The van der Waals surface area contributed by atoms with Crippen LogP contribution in [-0.2, 0) is 11.3 Å². The van der Waals surface area contributed by atoms with Gasteiger partial charge in [-0.3, -0.25) is 9.69 Å². The highest BCUT2D eigenvalue weighted by atomic mass is 16.3. The molecular weight excluding hydrogens is 356 g/mol. The Balaban J connectivity index is 1.56. The molecule has 7 nitrogen and oxygen atoms in total. The molecule has 3 aliphatic rings. The second kappa shape index (κ2) is 7.10. The molecule has 3 saturated heterocycles. The largest absolute Gasteiger partial charge is 0.468 e. The number of rotatable bonds is 3. The van der Waals surface area contributed by atoms with Gasteiger partial charge in [0.1, 0.15) is 5.76 Å². The molecule has 3 aliphatic heterocycles. The van der Waals surface area contributed by atoms with Gasteiger partial charge in [-0.05, 0) is 51.4 Å². The van der Waals surface area contributed by atoms with Gasteiger partial charge in [-0.1, -0.05) is 0 Å². The van der Waals surface area contributed by atoms with Crippen molar-refractivity contribution in [1.29, 1.82) is 0 Å². The number of amides is 3. The number of urea groups is 1. The van der Waals surface area contributed by atoms with Gasteiger partial charge >= 0.3 is 6.03 Å². The number of likely N-dealkylation sites (tertiary alicyclic amines) is 3. The van der Waals surface area contributed by atoms with Crippen LogP contribution in [0.4, 0.5) is 4.79 Å². The first-order valence-corrected chi connectivity index (χ1v) is 10.4. The van der Waals surface area contributed by atoms with Crippen LogP contribution in [0.1, 0.15) is 31.9 Å². The third kappa shape index (κ3) is 2.91. The first-order chi connectivity index (χ1) is 13.4. The second-order valence-electron chi connectivity index (χ2n) is 8.89. The van der Waals surface area contributed by atoms with Gasteiger partial charge in [0, 0.05) is 45.7 Å². The maximum atomic E-state index is 13.5. The predicted molar refractivity (Wildman–Crippen MR) is 106 cm³/mol. The third-order valence-electron chi connectivity index (χ3n) is 7.28. The highest BCUT2D eigenvalue weighted by Crippen LogP contribution is 2.58. The fraction of sp³-hybridized carbons (Fsp3) is 0.714. The number of hydrogen-bond donors (Lipinski definition) is 0. The monoisotopic (exact) mass is 388 g/mol. The molecule has 7 heteroatoms.